The Bertz CT molecular complexity index is 843. The molecule has 0 saturated carbocycles. The maximum absolute atomic E-state index is 12.3. The van der Waals surface area contributed by atoms with Gasteiger partial charge in [-0.2, -0.15) is 0 Å². The van der Waals surface area contributed by atoms with Crippen LogP contribution in [0.2, 0.25) is 0 Å². The lowest BCUT2D eigenvalue weighted by atomic mass is 10.1. The van der Waals surface area contributed by atoms with Crippen LogP contribution in [0.25, 0.3) is 0 Å². The largest absolute Gasteiger partial charge is 0.494 e. The van der Waals surface area contributed by atoms with Crippen molar-refractivity contribution in [2.45, 2.75) is 44.4 Å². The predicted molar refractivity (Wildman–Crippen MR) is 111 cm³/mol. The first-order chi connectivity index (χ1) is 13.4. The quantitative estimate of drug-likeness (QED) is 0.581. The van der Waals surface area contributed by atoms with E-state index in [-0.39, 0.29) is 23.0 Å². The molecule has 2 aromatic carbocycles. The molecule has 0 bridgehead atoms. The smallest absolute Gasteiger partial charge is 0.221 e. The Morgan fingerprint density at radius 1 is 1.04 bits per heavy atom. The van der Waals surface area contributed by atoms with Gasteiger partial charge in [0.1, 0.15) is 5.75 Å². The number of amides is 1. The summed E-state index contributed by atoms with van der Waals surface area (Å²) in [5, 5.41) is 2.79. The van der Waals surface area contributed by atoms with Crippen molar-refractivity contribution in [2.24, 2.45) is 0 Å². The van der Waals surface area contributed by atoms with Crippen LogP contribution in [0.4, 0.5) is 0 Å². The molecule has 0 aliphatic rings. The molecule has 2 aromatic rings. The summed E-state index contributed by atoms with van der Waals surface area (Å²) in [7, 11) is -3.44. The Balaban J connectivity index is 1.71. The first kappa shape index (κ1) is 22.0. The fraction of sp³-hybridized carbons (Fsp3) is 0.409. The zero-order valence-corrected chi connectivity index (χ0v) is 17.4. The van der Waals surface area contributed by atoms with Crippen LogP contribution in [-0.4, -0.2) is 33.2 Å². The van der Waals surface area contributed by atoms with E-state index in [1.54, 1.807) is 24.3 Å². The minimum absolute atomic E-state index is 0.0413. The molecule has 0 aliphatic heterocycles. The van der Waals surface area contributed by atoms with E-state index >= 15 is 0 Å². The second-order valence-corrected chi connectivity index (χ2v) is 8.94. The molecular weight excluding hydrogens is 374 g/mol. The zero-order chi connectivity index (χ0) is 20.4. The van der Waals surface area contributed by atoms with Crippen molar-refractivity contribution >= 4 is 15.7 Å². The Morgan fingerprint density at radius 3 is 2.36 bits per heavy atom. The van der Waals surface area contributed by atoms with Gasteiger partial charge in [-0.1, -0.05) is 43.2 Å². The molecule has 0 radical (unpaired) electrons. The molecule has 1 N–H and O–H groups in total. The highest BCUT2D eigenvalue weighted by Crippen LogP contribution is 2.14. The number of sulfone groups is 1. The minimum Gasteiger partial charge on any atom is -0.494 e. The van der Waals surface area contributed by atoms with Crippen molar-refractivity contribution in [3.63, 3.8) is 0 Å². The molecule has 0 aliphatic carbocycles. The second kappa shape index (κ2) is 10.9. The topological polar surface area (TPSA) is 72.5 Å². The van der Waals surface area contributed by atoms with Gasteiger partial charge in [-0.15, -0.1) is 0 Å². The lowest BCUT2D eigenvalue weighted by molar-refractivity contribution is -0.120. The molecule has 2 rings (SSSR count). The third kappa shape index (κ3) is 7.35. The third-order valence-electron chi connectivity index (χ3n) is 4.40. The molecule has 152 valence electrons. The van der Waals surface area contributed by atoms with Crippen molar-refractivity contribution in [3.05, 3.63) is 59.7 Å². The normalized spacial score (nSPS) is 11.2. The molecule has 0 fully saturated rings. The lowest BCUT2D eigenvalue weighted by Crippen LogP contribution is -2.27. The van der Waals surface area contributed by atoms with Gasteiger partial charge in [-0.25, -0.2) is 8.42 Å². The summed E-state index contributed by atoms with van der Waals surface area (Å²) in [5.41, 5.74) is 2.09. The van der Waals surface area contributed by atoms with E-state index in [2.05, 4.69) is 12.2 Å². The van der Waals surface area contributed by atoms with Crippen LogP contribution >= 0.6 is 0 Å². The average molecular weight is 404 g/mol. The first-order valence-electron chi connectivity index (χ1n) is 9.68. The predicted octanol–water partition coefficient (Wildman–Crippen LogP) is 3.70. The summed E-state index contributed by atoms with van der Waals surface area (Å²) in [5.74, 6) is 0.406. The van der Waals surface area contributed by atoms with Crippen LogP contribution in [0.1, 0.15) is 37.3 Å². The highest BCUT2D eigenvalue weighted by molar-refractivity contribution is 7.91. The van der Waals surface area contributed by atoms with E-state index in [1.165, 1.54) is 0 Å². The molecule has 0 saturated heterocycles. The summed E-state index contributed by atoms with van der Waals surface area (Å²) in [6.45, 7) is 5.21. The van der Waals surface area contributed by atoms with Gasteiger partial charge in [0, 0.05) is 13.0 Å². The monoisotopic (exact) mass is 403 g/mol. The number of hydrogen-bond acceptors (Lipinski definition) is 4. The number of rotatable bonds is 11. The van der Waals surface area contributed by atoms with E-state index in [0.29, 0.717) is 13.0 Å². The highest BCUT2D eigenvalue weighted by Gasteiger charge is 2.16. The molecule has 0 atom stereocenters. The molecular formula is C22H29NO4S. The average Bonchev–Trinajstić information content (AvgIpc) is 2.68. The van der Waals surface area contributed by atoms with Gasteiger partial charge in [0.2, 0.25) is 5.91 Å². The number of carbonyl (C=O) groups excluding carboxylic acids is 1. The van der Waals surface area contributed by atoms with Gasteiger partial charge < -0.3 is 10.1 Å². The second-order valence-electron chi connectivity index (χ2n) is 6.83. The highest BCUT2D eigenvalue weighted by atomic mass is 32.2. The van der Waals surface area contributed by atoms with Gasteiger partial charge in [0.15, 0.2) is 9.84 Å². The first-order valence-corrected chi connectivity index (χ1v) is 11.3. The number of carbonyl (C=O) groups is 1. The van der Waals surface area contributed by atoms with Crippen molar-refractivity contribution in [1.29, 1.82) is 0 Å². The van der Waals surface area contributed by atoms with Crippen molar-refractivity contribution in [1.82, 2.24) is 5.32 Å². The van der Waals surface area contributed by atoms with Gasteiger partial charge in [0.25, 0.3) is 0 Å². The molecule has 0 heterocycles. The maximum atomic E-state index is 12.3. The number of benzene rings is 2. The van der Waals surface area contributed by atoms with E-state index in [0.717, 1.165) is 36.3 Å². The Kier molecular flexibility index (Phi) is 8.51. The minimum atomic E-state index is -3.44. The molecule has 5 nitrogen and oxygen atoms in total. The van der Waals surface area contributed by atoms with E-state index in [4.69, 9.17) is 4.74 Å². The van der Waals surface area contributed by atoms with Crippen molar-refractivity contribution in [3.8, 4) is 5.75 Å². The summed E-state index contributed by atoms with van der Waals surface area (Å²) in [6.07, 6.45) is 2.78. The molecule has 28 heavy (non-hydrogen) atoms. The molecule has 1 amide bonds. The number of aryl methyl sites for hydroxylation is 1. The number of nitrogens with one attached hydrogen (secondary N) is 1. The fourth-order valence-electron chi connectivity index (χ4n) is 2.61. The van der Waals surface area contributed by atoms with Gasteiger partial charge in [0.05, 0.1) is 17.3 Å². The van der Waals surface area contributed by atoms with E-state index in [1.807, 2.05) is 31.2 Å². The van der Waals surface area contributed by atoms with Crippen LogP contribution < -0.4 is 10.1 Å². The summed E-state index contributed by atoms with van der Waals surface area (Å²) < 4.78 is 30.2. The zero-order valence-electron chi connectivity index (χ0n) is 16.6. The van der Waals surface area contributed by atoms with Crippen molar-refractivity contribution in [2.75, 3.05) is 18.9 Å². The van der Waals surface area contributed by atoms with Gasteiger partial charge >= 0.3 is 0 Å². The van der Waals surface area contributed by atoms with Crippen LogP contribution in [0.5, 0.6) is 5.75 Å². The third-order valence-corrected chi connectivity index (χ3v) is 6.14. The Labute approximate surface area is 168 Å². The molecule has 6 heteroatoms. The maximum Gasteiger partial charge on any atom is 0.221 e. The fourth-order valence-corrected chi connectivity index (χ4v) is 3.85. The number of unbranched alkanes of at least 4 members (excludes halogenated alkanes) is 1. The van der Waals surface area contributed by atoms with Crippen molar-refractivity contribution < 1.29 is 17.9 Å². The SMILES string of the molecule is CCCCOc1ccc(CCNC(=O)CCS(=O)(=O)c2ccc(C)cc2)cc1. The molecule has 0 aromatic heterocycles. The lowest BCUT2D eigenvalue weighted by Gasteiger charge is -2.08. The molecule has 0 unspecified atom stereocenters. The van der Waals surface area contributed by atoms with E-state index in [9.17, 15) is 13.2 Å². The summed E-state index contributed by atoms with van der Waals surface area (Å²) in [4.78, 5) is 12.2. The van der Waals surface area contributed by atoms with Gasteiger partial charge in [-0.05, 0) is 49.6 Å². The number of ether oxygens (including phenoxy) is 1. The van der Waals surface area contributed by atoms with Crippen LogP contribution in [0, 0.1) is 6.92 Å². The van der Waals surface area contributed by atoms with Crippen LogP contribution in [-0.2, 0) is 21.1 Å². The summed E-state index contributed by atoms with van der Waals surface area (Å²) in [6, 6.07) is 14.5. The van der Waals surface area contributed by atoms with E-state index < -0.39 is 9.84 Å². The molecule has 0 spiro atoms. The van der Waals surface area contributed by atoms with Gasteiger partial charge in [-0.3, -0.25) is 4.79 Å². The van der Waals surface area contributed by atoms with Crippen LogP contribution in [0.15, 0.2) is 53.4 Å². The summed E-state index contributed by atoms with van der Waals surface area (Å²) >= 11 is 0. The Morgan fingerprint density at radius 2 is 1.71 bits per heavy atom. The number of hydrogen-bond donors (Lipinski definition) is 1. The Hall–Kier alpha value is -2.34. The van der Waals surface area contributed by atoms with Crippen LogP contribution in [0.3, 0.4) is 0 Å². The standard InChI is InChI=1S/C22H29NO4S/c1-3-4-16-27-20-9-7-19(8-10-20)13-15-23-22(24)14-17-28(25,26)21-11-5-18(2)6-12-21/h5-12H,3-4,13-17H2,1-2H3,(H,23,24).